The van der Waals surface area contributed by atoms with Gasteiger partial charge in [0.2, 0.25) is 0 Å². The number of hydrogen-bond donors (Lipinski definition) is 0. The summed E-state index contributed by atoms with van der Waals surface area (Å²) in [5.41, 5.74) is 4.91. The molecule has 0 saturated carbocycles. The lowest BCUT2D eigenvalue weighted by Gasteiger charge is -2.28. The molecule has 0 N–H and O–H groups in total. The first-order valence-corrected chi connectivity index (χ1v) is 10.3. The minimum Gasteiger partial charge on any atom is -0.299 e. The van der Waals surface area contributed by atoms with Gasteiger partial charge < -0.3 is 0 Å². The first-order chi connectivity index (χ1) is 12.1. The normalized spacial score (nSPS) is 14.1. The lowest BCUT2D eigenvalue weighted by molar-refractivity contribution is -0.126. The lowest BCUT2D eigenvalue weighted by atomic mass is 9.85. The van der Waals surface area contributed by atoms with Crippen molar-refractivity contribution >= 4 is 17.5 Å². The van der Waals surface area contributed by atoms with Crippen LogP contribution < -0.4 is 0 Å². The summed E-state index contributed by atoms with van der Waals surface area (Å²) in [5, 5.41) is 0.226. The van der Waals surface area contributed by atoms with E-state index in [1.807, 2.05) is 38.6 Å². The largest absolute Gasteiger partial charge is 0.299 e. The van der Waals surface area contributed by atoms with Crippen LogP contribution in [-0.4, -0.2) is 11.0 Å². The molecular weight excluding hydrogens is 336 g/mol. The molecule has 0 aliphatic heterocycles. The minimum absolute atomic E-state index is 0.226. The van der Waals surface area contributed by atoms with Crippen LogP contribution in [0.15, 0.2) is 47.4 Å². The summed E-state index contributed by atoms with van der Waals surface area (Å²) in [6, 6.07) is 15.1. The Morgan fingerprint density at radius 3 is 2.04 bits per heavy atom. The Morgan fingerprint density at radius 2 is 1.54 bits per heavy atom. The molecule has 0 spiro atoms. The molecule has 2 aromatic rings. The molecular formula is C24H32OS. The van der Waals surface area contributed by atoms with Crippen molar-refractivity contribution in [3.63, 3.8) is 0 Å². The summed E-state index contributed by atoms with van der Waals surface area (Å²) in [4.78, 5) is 14.1. The fraction of sp³-hybridized carbons (Fsp3) is 0.458. The van der Waals surface area contributed by atoms with Gasteiger partial charge >= 0.3 is 0 Å². The third-order valence-corrected chi connectivity index (χ3v) is 6.74. The molecule has 0 bridgehead atoms. The van der Waals surface area contributed by atoms with Crippen molar-refractivity contribution < 1.29 is 4.79 Å². The van der Waals surface area contributed by atoms with Crippen molar-refractivity contribution in [2.24, 2.45) is 5.41 Å². The maximum atomic E-state index is 12.8. The highest BCUT2D eigenvalue weighted by molar-refractivity contribution is 8.00. The fourth-order valence-corrected chi connectivity index (χ4v) is 4.67. The van der Waals surface area contributed by atoms with Gasteiger partial charge in [0.25, 0.3) is 0 Å². The second kappa shape index (κ2) is 8.43. The predicted molar refractivity (Wildman–Crippen MR) is 114 cm³/mol. The molecule has 0 heterocycles. The Hall–Kier alpha value is -1.54. The summed E-state index contributed by atoms with van der Waals surface area (Å²) in [7, 11) is 0. The Kier molecular flexibility index (Phi) is 6.74. The number of benzene rings is 2. The molecule has 2 rings (SSSR count). The van der Waals surface area contributed by atoms with Crippen LogP contribution in [0.25, 0.3) is 0 Å². The molecule has 0 unspecified atom stereocenters. The van der Waals surface area contributed by atoms with E-state index < -0.39 is 0 Å². The summed E-state index contributed by atoms with van der Waals surface area (Å²) in [6.45, 7) is 14.8. The number of ketones is 1. The molecule has 140 valence electrons. The van der Waals surface area contributed by atoms with Crippen LogP contribution in [0.4, 0.5) is 0 Å². The highest BCUT2D eigenvalue weighted by atomic mass is 32.2. The van der Waals surface area contributed by atoms with Gasteiger partial charge in [-0.25, -0.2) is 0 Å². The molecule has 0 aromatic heterocycles. The molecule has 0 saturated heterocycles. The zero-order valence-electron chi connectivity index (χ0n) is 17.2. The van der Waals surface area contributed by atoms with Gasteiger partial charge in [0.15, 0.2) is 0 Å². The molecule has 0 amide bonds. The predicted octanol–water partition coefficient (Wildman–Crippen LogP) is 6.88. The van der Waals surface area contributed by atoms with Gasteiger partial charge in [-0.1, -0.05) is 75.7 Å². The number of rotatable bonds is 6. The third-order valence-electron chi connectivity index (χ3n) is 4.98. The molecule has 0 aliphatic rings. The maximum Gasteiger partial charge on any atom is 0.139 e. The smallest absolute Gasteiger partial charge is 0.139 e. The molecule has 0 fully saturated rings. The van der Waals surface area contributed by atoms with Gasteiger partial charge in [-0.2, -0.15) is 0 Å². The lowest BCUT2D eigenvalue weighted by Crippen LogP contribution is -2.26. The number of carbonyl (C=O) groups excluding carboxylic acids is 1. The molecule has 0 aliphatic carbocycles. The van der Waals surface area contributed by atoms with Crippen LogP contribution in [0.1, 0.15) is 62.3 Å². The third kappa shape index (κ3) is 5.23. The maximum absolute atomic E-state index is 12.8. The topological polar surface area (TPSA) is 17.1 Å². The summed E-state index contributed by atoms with van der Waals surface area (Å²) in [6.07, 6.45) is 0.594. The average Bonchev–Trinajstić information content (AvgIpc) is 2.56. The summed E-state index contributed by atoms with van der Waals surface area (Å²) < 4.78 is 0. The molecule has 26 heavy (non-hydrogen) atoms. The highest BCUT2D eigenvalue weighted by Crippen LogP contribution is 2.40. The SMILES string of the molecule is Cc1cc(C)c(S[C@@H](CC(=O)C(C)(C)C)[C@H](C)c2ccccc2)c(C)c1. The highest BCUT2D eigenvalue weighted by Gasteiger charge is 2.29. The molecule has 2 heteroatoms. The van der Waals surface area contributed by atoms with Crippen molar-refractivity contribution in [3.8, 4) is 0 Å². The second-order valence-electron chi connectivity index (χ2n) is 8.46. The van der Waals surface area contributed by atoms with Crippen molar-refractivity contribution in [1.29, 1.82) is 0 Å². The van der Waals surface area contributed by atoms with E-state index in [0.29, 0.717) is 18.1 Å². The van der Waals surface area contributed by atoms with Gasteiger partial charge in [-0.15, -0.1) is 11.8 Å². The van der Waals surface area contributed by atoms with Crippen molar-refractivity contribution in [1.82, 2.24) is 0 Å². The number of carbonyl (C=O) groups is 1. The van der Waals surface area contributed by atoms with E-state index in [0.717, 1.165) is 0 Å². The van der Waals surface area contributed by atoms with Crippen molar-refractivity contribution in [2.45, 2.75) is 71.0 Å². The van der Waals surface area contributed by atoms with Crippen molar-refractivity contribution in [2.75, 3.05) is 0 Å². The second-order valence-corrected chi connectivity index (χ2v) is 9.71. The van der Waals surface area contributed by atoms with E-state index in [9.17, 15) is 4.79 Å². The standard InChI is InChI=1S/C24H32OS/c1-16-13-17(2)23(18(3)14-16)26-21(15-22(25)24(5,6)7)19(4)20-11-9-8-10-12-20/h8-14,19,21H,15H2,1-7H3/t19-,21+/m1/s1. The van der Waals surface area contributed by atoms with E-state index in [-0.39, 0.29) is 10.7 Å². The van der Waals surface area contributed by atoms with Gasteiger partial charge in [0.1, 0.15) is 5.78 Å². The quantitative estimate of drug-likeness (QED) is 0.517. The van der Waals surface area contributed by atoms with E-state index in [1.54, 1.807) is 0 Å². The number of thioether (sulfide) groups is 1. The van der Waals surface area contributed by atoms with E-state index >= 15 is 0 Å². The van der Waals surface area contributed by atoms with Crippen LogP contribution in [0.3, 0.4) is 0 Å². The first-order valence-electron chi connectivity index (χ1n) is 9.42. The summed E-state index contributed by atoms with van der Waals surface area (Å²) in [5.74, 6) is 0.646. The van der Waals surface area contributed by atoms with Crippen LogP contribution in [0.5, 0.6) is 0 Å². The van der Waals surface area contributed by atoms with Gasteiger partial charge in [0, 0.05) is 22.0 Å². The minimum atomic E-state index is -0.299. The van der Waals surface area contributed by atoms with Gasteiger partial charge in [0.05, 0.1) is 0 Å². The van der Waals surface area contributed by atoms with Crippen molar-refractivity contribution in [3.05, 3.63) is 64.7 Å². The zero-order chi connectivity index (χ0) is 19.5. The van der Waals surface area contributed by atoms with E-state index in [4.69, 9.17) is 0 Å². The van der Waals surface area contributed by atoms with Crippen LogP contribution in [0.2, 0.25) is 0 Å². The number of aryl methyl sites for hydroxylation is 3. The first kappa shape index (κ1) is 20.8. The fourth-order valence-electron chi connectivity index (χ4n) is 3.28. The van der Waals surface area contributed by atoms with Crippen LogP contribution in [-0.2, 0) is 4.79 Å². The van der Waals surface area contributed by atoms with Crippen LogP contribution >= 0.6 is 11.8 Å². The molecule has 2 atom stereocenters. The molecule has 2 aromatic carbocycles. The Labute approximate surface area is 163 Å². The number of Topliss-reactive ketones (excluding diaryl/α,β-unsaturated/α-hetero) is 1. The van der Waals surface area contributed by atoms with Gasteiger partial charge in [-0.05, 0) is 43.4 Å². The van der Waals surface area contributed by atoms with Gasteiger partial charge in [-0.3, -0.25) is 4.79 Å². The molecule has 0 radical (unpaired) electrons. The number of hydrogen-bond acceptors (Lipinski definition) is 2. The summed E-state index contributed by atoms with van der Waals surface area (Å²) >= 11 is 1.88. The zero-order valence-corrected chi connectivity index (χ0v) is 18.0. The molecule has 1 nitrogen and oxygen atoms in total. The Balaban J connectivity index is 2.36. The van der Waals surface area contributed by atoms with Crippen LogP contribution in [0, 0.1) is 26.2 Å². The van der Waals surface area contributed by atoms with E-state index in [2.05, 4.69) is 64.1 Å². The Bertz CT molecular complexity index is 733. The monoisotopic (exact) mass is 368 g/mol. The average molecular weight is 369 g/mol. The Morgan fingerprint density at radius 1 is 1.00 bits per heavy atom. The van der Waals surface area contributed by atoms with E-state index in [1.165, 1.54) is 27.1 Å².